The van der Waals surface area contributed by atoms with E-state index in [1.165, 1.54) is 6.92 Å². The van der Waals surface area contributed by atoms with Crippen LogP contribution in [0, 0.1) is 45.3 Å². The van der Waals surface area contributed by atoms with Crippen LogP contribution in [-0.2, 0) is 23.7 Å². The number of rotatable bonds is 10. The molecule has 0 bridgehead atoms. The molecule has 0 aromatic carbocycles. The zero-order chi connectivity index (χ0) is 42.4. The Bertz CT molecular complexity index is 1440. The number of fused-ring (bicyclic) bond motifs is 5. The third-order valence-electron chi connectivity index (χ3n) is 17.2. The highest BCUT2D eigenvalue weighted by Gasteiger charge is 2.72. The topological polar surface area (TPSA) is 228 Å². The molecule has 4 saturated carbocycles. The first-order valence-electron chi connectivity index (χ1n) is 21.3. The molecule has 2 aliphatic heterocycles. The van der Waals surface area contributed by atoms with Gasteiger partial charge in [0.1, 0.15) is 48.8 Å². The first-order chi connectivity index (χ1) is 26.3. The van der Waals surface area contributed by atoms with Crippen molar-refractivity contribution in [3.05, 3.63) is 12.2 Å². The summed E-state index contributed by atoms with van der Waals surface area (Å²) in [6, 6.07) is 0. The summed E-state index contributed by atoms with van der Waals surface area (Å²) in [5.74, 6) is 0.0855. The number of aliphatic hydroxyl groups is 9. The molecule has 2 heterocycles. The van der Waals surface area contributed by atoms with Gasteiger partial charge in [0.15, 0.2) is 12.6 Å². The zero-order valence-electron chi connectivity index (χ0n) is 35.7. The van der Waals surface area contributed by atoms with Crippen molar-refractivity contribution in [2.24, 2.45) is 45.3 Å². The fourth-order valence-electron chi connectivity index (χ4n) is 13.2. The number of hydrogen-bond acceptors (Lipinski definition) is 14. The van der Waals surface area contributed by atoms with E-state index in [4.69, 9.17) is 23.7 Å². The molecule has 6 aliphatic rings. The quantitative estimate of drug-likeness (QED) is 0.113. The zero-order valence-corrected chi connectivity index (χ0v) is 35.7. The van der Waals surface area contributed by atoms with E-state index in [1.54, 1.807) is 26.2 Å². The molecule has 9 N–H and O–H groups in total. The van der Waals surface area contributed by atoms with Crippen LogP contribution in [0.15, 0.2) is 12.2 Å². The molecule has 14 nitrogen and oxygen atoms in total. The molecule has 57 heavy (non-hydrogen) atoms. The summed E-state index contributed by atoms with van der Waals surface area (Å²) in [5.41, 5.74) is -3.47. The molecule has 2 saturated heterocycles. The van der Waals surface area contributed by atoms with Crippen molar-refractivity contribution in [1.29, 1.82) is 0 Å². The van der Waals surface area contributed by atoms with Crippen molar-refractivity contribution in [3.63, 3.8) is 0 Å². The van der Waals surface area contributed by atoms with Gasteiger partial charge in [-0.1, -0.05) is 46.8 Å². The maximum absolute atomic E-state index is 12.5. The van der Waals surface area contributed by atoms with Gasteiger partial charge in [0.05, 0.1) is 36.1 Å². The molecule has 1 unspecified atom stereocenters. The third kappa shape index (κ3) is 7.30. The average molecular weight is 815 g/mol. The molecule has 4 aliphatic carbocycles. The van der Waals surface area contributed by atoms with E-state index < -0.39 is 108 Å². The fourth-order valence-corrected chi connectivity index (χ4v) is 13.2. The number of methoxy groups -OCH3 is 1. The Labute approximate surface area is 338 Å². The highest BCUT2D eigenvalue weighted by molar-refractivity contribution is 5.22. The minimum atomic E-state index is -1.67. The summed E-state index contributed by atoms with van der Waals surface area (Å²) in [6.07, 6.45) is -7.67. The van der Waals surface area contributed by atoms with Crippen LogP contribution in [0.4, 0.5) is 0 Å². The Hall–Kier alpha value is -0.820. The Morgan fingerprint density at radius 2 is 1.46 bits per heavy atom. The van der Waals surface area contributed by atoms with Crippen molar-refractivity contribution in [1.82, 2.24) is 0 Å². The number of ether oxygens (including phenoxy) is 5. The van der Waals surface area contributed by atoms with Crippen molar-refractivity contribution < 1.29 is 69.6 Å². The van der Waals surface area contributed by atoms with Gasteiger partial charge in [-0.2, -0.15) is 0 Å². The standard InChI is InChI=1S/C43H74O14/c1-21-30(47)32(49)34(51)36(54-21)57-35-33(50)31(48)24(20-44)55-37(35)56-29-15-17-40(6)25-12-11-22-23(43(9,52)27(45)14-16-38(2,3)53-10)13-18-41(22,7)42(25,8)28(46)19-26(40)39(29,4)5/h14,16,21-37,44-52H,11-13,15,17-20H2,1-10H3/b16-14+/t21-,22+,23-,24+,25+,26-,27?,28-,29-,30-,31+,32+,33-,34+,35+,36-,37-,40+,41+,42-,43-/m0/s1. The molecule has 6 fully saturated rings. The molecule has 0 aromatic rings. The smallest absolute Gasteiger partial charge is 0.187 e. The van der Waals surface area contributed by atoms with Crippen LogP contribution >= 0.6 is 0 Å². The van der Waals surface area contributed by atoms with Crippen molar-refractivity contribution in [3.8, 4) is 0 Å². The highest BCUT2D eigenvalue weighted by atomic mass is 16.8. The lowest BCUT2D eigenvalue weighted by molar-refractivity contribution is -0.377. The molecule has 0 spiro atoms. The van der Waals surface area contributed by atoms with Gasteiger partial charge in [0.2, 0.25) is 0 Å². The van der Waals surface area contributed by atoms with E-state index in [9.17, 15) is 46.0 Å². The van der Waals surface area contributed by atoms with Gasteiger partial charge in [-0.05, 0) is 113 Å². The van der Waals surface area contributed by atoms with Gasteiger partial charge in [0.25, 0.3) is 0 Å². The van der Waals surface area contributed by atoms with Crippen LogP contribution in [0.1, 0.15) is 107 Å². The van der Waals surface area contributed by atoms with E-state index in [1.807, 2.05) is 13.8 Å². The highest BCUT2D eigenvalue weighted by Crippen LogP contribution is 2.76. The molecular weight excluding hydrogens is 740 g/mol. The Balaban J connectivity index is 1.23. The SMILES string of the molecule is COC(C)(C)/C=C/C(O)[C@@](C)(O)[C@H]1CC[C@]2(C)[C@@H]1CC[C@@H]1[C@@]3(C)CC[C@H](O[C@@H]4O[C@H](CO)[C@@H](O)[C@H](O)[C@H]4O[C@@H]4O[C@@H](C)[C@H](O)[C@@H](O)[C@H]4O)C(C)(C)[C@@H]3C[C@H](O)[C@]12C. The third-order valence-corrected chi connectivity index (χ3v) is 17.2. The van der Waals surface area contributed by atoms with E-state index in [2.05, 4.69) is 34.6 Å². The van der Waals surface area contributed by atoms with Crippen LogP contribution in [0.25, 0.3) is 0 Å². The largest absolute Gasteiger partial charge is 0.394 e. The van der Waals surface area contributed by atoms with Crippen LogP contribution in [-0.4, -0.2) is 151 Å². The summed E-state index contributed by atoms with van der Waals surface area (Å²) in [5, 5.41) is 99.5. The second-order valence-corrected chi connectivity index (χ2v) is 20.7. The molecule has 330 valence electrons. The monoisotopic (exact) mass is 815 g/mol. The van der Waals surface area contributed by atoms with Crippen LogP contribution < -0.4 is 0 Å². The summed E-state index contributed by atoms with van der Waals surface area (Å²) < 4.78 is 30.0. The first-order valence-corrected chi connectivity index (χ1v) is 21.3. The van der Waals surface area contributed by atoms with Crippen LogP contribution in [0.3, 0.4) is 0 Å². The Morgan fingerprint density at radius 1 is 0.789 bits per heavy atom. The number of hydrogen-bond donors (Lipinski definition) is 9. The fraction of sp³-hybridized carbons (Fsp3) is 0.953. The Kier molecular flexibility index (Phi) is 12.7. The van der Waals surface area contributed by atoms with Crippen LogP contribution in [0.5, 0.6) is 0 Å². The predicted octanol–water partition coefficient (Wildman–Crippen LogP) is 1.77. The van der Waals surface area contributed by atoms with Gasteiger partial charge in [-0.25, -0.2) is 0 Å². The van der Waals surface area contributed by atoms with E-state index in [0.717, 1.165) is 32.1 Å². The van der Waals surface area contributed by atoms with Gasteiger partial charge in [-0.3, -0.25) is 0 Å². The van der Waals surface area contributed by atoms with Crippen molar-refractivity contribution in [2.45, 2.75) is 198 Å². The first kappa shape index (κ1) is 45.7. The molecular formula is C43H74O14. The van der Waals surface area contributed by atoms with Crippen LogP contribution in [0.2, 0.25) is 0 Å². The van der Waals surface area contributed by atoms with Gasteiger partial charge in [0, 0.05) is 12.5 Å². The molecule has 0 aromatic heterocycles. The van der Waals surface area contributed by atoms with Gasteiger partial charge in [-0.15, -0.1) is 0 Å². The maximum atomic E-state index is 12.5. The molecule has 21 atom stereocenters. The summed E-state index contributed by atoms with van der Waals surface area (Å²) in [4.78, 5) is 0. The summed E-state index contributed by atoms with van der Waals surface area (Å²) >= 11 is 0. The second kappa shape index (κ2) is 15.8. The second-order valence-electron chi connectivity index (χ2n) is 20.7. The Morgan fingerprint density at radius 3 is 2.09 bits per heavy atom. The van der Waals surface area contributed by atoms with Crippen molar-refractivity contribution >= 4 is 0 Å². The minimum absolute atomic E-state index is 0.00137. The molecule has 6 rings (SSSR count). The maximum Gasteiger partial charge on any atom is 0.187 e. The lowest BCUT2D eigenvalue weighted by Crippen LogP contribution is -2.69. The average Bonchev–Trinajstić information content (AvgIpc) is 3.52. The summed E-state index contributed by atoms with van der Waals surface area (Å²) in [7, 11) is 1.61. The van der Waals surface area contributed by atoms with Crippen molar-refractivity contribution in [2.75, 3.05) is 13.7 Å². The normalized spacial score (nSPS) is 51.8. The summed E-state index contributed by atoms with van der Waals surface area (Å²) in [6.45, 7) is 17.6. The molecule has 0 radical (unpaired) electrons. The van der Waals surface area contributed by atoms with E-state index >= 15 is 0 Å². The van der Waals surface area contributed by atoms with E-state index in [-0.39, 0.29) is 34.5 Å². The van der Waals surface area contributed by atoms with Gasteiger partial charge < -0.3 is 69.6 Å². The van der Waals surface area contributed by atoms with E-state index in [0.29, 0.717) is 12.8 Å². The van der Waals surface area contributed by atoms with Gasteiger partial charge >= 0.3 is 0 Å². The minimum Gasteiger partial charge on any atom is -0.394 e. The molecule has 14 heteroatoms. The predicted molar refractivity (Wildman–Crippen MR) is 207 cm³/mol. The number of aliphatic hydroxyl groups excluding tert-OH is 8. The molecule has 0 amide bonds. The lowest BCUT2D eigenvalue weighted by Gasteiger charge is -2.71. The lowest BCUT2D eigenvalue weighted by atomic mass is 9.34.